The van der Waals surface area contributed by atoms with Gasteiger partial charge in [0.1, 0.15) is 5.76 Å². The van der Waals surface area contributed by atoms with Gasteiger partial charge in [-0.05, 0) is 82.6 Å². The predicted molar refractivity (Wildman–Crippen MR) is 124 cm³/mol. The topological polar surface area (TPSA) is 117 Å². The zero-order valence-corrected chi connectivity index (χ0v) is 20.6. The van der Waals surface area contributed by atoms with Gasteiger partial charge in [-0.1, -0.05) is 0 Å². The molecule has 180 valence electrons. The van der Waals surface area contributed by atoms with Gasteiger partial charge in [-0.15, -0.1) is 0 Å². The molecule has 0 saturated carbocycles. The molecular weight excluding hydrogens is 466 g/mol. The number of nitrogens with zero attached hydrogens (tertiary/aromatic N) is 2. The van der Waals surface area contributed by atoms with E-state index in [1.807, 2.05) is 6.07 Å². The van der Waals surface area contributed by atoms with E-state index in [4.69, 9.17) is 4.42 Å². The SMILES string of the molecule is Cc1cc(N2C(=O)C(C)(C)CS2(=O)=O)ccc1S(=O)(=O)NCC(c1ccco1)N1CCCC1. The number of aryl methyl sites for hydroxylation is 1. The summed E-state index contributed by atoms with van der Waals surface area (Å²) in [6, 6.07) is 7.54. The van der Waals surface area contributed by atoms with E-state index in [1.54, 1.807) is 33.1 Å². The van der Waals surface area contributed by atoms with Crippen molar-refractivity contribution in [2.75, 3.05) is 29.7 Å². The van der Waals surface area contributed by atoms with Crippen LogP contribution in [0, 0.1) is 12.3 Å². The lowest BCUT2D eigenvalue weighted by atomic mass is 9.95. The third-order valence-electron chi connectivity index (χ3n) is 6.19. The number of carbonyl (C=O) groups is 1. The average molecular weight is 496 g/mol. The van der Waals surface area contributed by atoms with Crippen LogP contribution in [0.1, 0.15) is 44.1 Å². The number of hydrogen-bond donors (Lipinski definition) is 1. The van der Waals surface area contributed by atoms with Crippen molar-refractivity contribution >= 4 is 31.6 Å². The molecule has 2 aromatic rings. The van der Waals surface area contributed by atoms with Crippen LogP contribution in [-0.4, -0.2) is 53.0 Å². The largest absolute Gasteiger partial charge is 0.468 e. The highest BCUT2D eigenvalue weighted by atomic mass is 32.2. The highest BCUT2D eigenvalue weighted by molar-refractivity contribution is 7.94. The molecule has 2 aliphatic rings. The van der Waals surface area contributed by atoms with Crippen molar-refractivity contribution in [3.05, 3.63) is 47.9 Å². The normalized spacial score (nSPS) is 21.5. The number of nitrogens with one attached hydrogen (secondary N) is 1. The number of rotatable bonds is 7. The predicted octanol–water partition coefficient (Wildman–Crippen LogP) is 2.41. The number of amides is 1. The maximum absolute atomic E-state index is 13.1. The van der Waals surface area contributed by atoms with E-state index < -0.39 is 31.4 Å². The third kappa shape index (κ3) is 4.59. The average Bonchev–Trinajstić information content (AvgIpc) is 3.44. The van der Waals surface area contributed by atoms with E-state index >= 15 is 0 Å². The van der Waals surface area contributed by atoms with Crippen molar-refractivity contribution in [1.82, 2.24) is 9.62 Å². The number of carbonyl (C=O) groups excluding carboxylic acids is 1. The number of hydrogen-bond acceptors (Lipinski definition) is 7. The Morgan fingerprint density at radius 2 is 1.88 bits per heavy atom. The lowest BCUT2D eigenvalue weighted by molar-refractivity contribution is -0.123. The number of benzene rings is 1. The Kier molecular flexibility index (Phi) is 6.19. The first kappa shape index (κ1) is 23.9. The Hall–Kier alpha value is -2.21. The Morgan fingerprint density at radius 3 is 2.42 bits per heavy atom. The van der Waals surface area contributed by atoms with Crippen molar-refractivity contribution in [3.63, 3.8) is 0 Å². The van der Waals surface area contributed by atoms with E-state index in [9.17, 15) is 21.6 Å². The van der Waals surface area contributed by atoms with Gasteiger partial charge in [0.2, 0.25) is 26.0 Å². The fraction of sp³-hybridized carbons (Fsp3) is 0.500. The molecule has 3 heterocycles. The molecule has 9 nitrogen and oxygen atoms in total. The first-order valence-corrected chi connectivity index (χ1v) is 14.0. The van der Waals surface area contributed by atoms with E-state index in [-0.39, 0.29) is 28.9 Å². The molecule has 1 N–H and O–H groups in total. The monoisotopic (exact) mass is 495 g/mol. The second-order valence-electron chi connectivity index (χ2n) is 9.29. The maximum Gasteiger partial charge on any atom is 0.247 e. The molecule has 1 aromatic heterocycles. The zero-order valence-electron chi connectivity index (χ0n) is 18.9. The van der Waals surface area contributed by atoms with Crippen LogP contribution >= 0.6 is 0 Å². The molecule has 0 spiro atoms. The molecule has 2 fully saturated rings. The van der Waals surface area contributed by atoms with Gasteiger partial charge >= 0.3 is 0 Å². The summed E-state index contributed by atoms with van der Waals surface area (Å²) in [6.45, 7) is 6.63. The van der Waals surface area contributed by atoms with Gasteiger partial charge in [-0.3, -0.25) is 9.69 Å². The first-order valence-electron chi connectivity index (χ1n) is 10.9. The smallest absolute Gasteiger partial charge is 0.247 e. The molecule has 1 amide bonds. The second kappa shape index (κ2) is 8.53. The van der Waals surface area contributed by atoms with Crippen molar-refractivity contribution in [2.45, 2.75) is 44.6 Å². The number of sulfonamides is 2. The van der Waals surface area contributed by atoms with Gasteiger partial charge in [-0.2, -0.15) is 0 Å². The molecule has 4 rings (SSSR count). The molecule has 11 heteroatoms. The first-order chi connectivity index (χ1) is 15.4. The van der Waals surface area contributed by atoms with Crippen molar-refractivity contribution < 1.29 is 26.0 Å². The van der Waals surface area contributed by atoms with Gasteiger partial charge in [-0.25, -0.2) is 25.9 Å². The zero-order chi connectivity index (χ0) is 24.0. The van der Waals surface area contributed by atoms with Crippen molar-refractivity contribution in [2.24, 2.45) is 5.41 Å². The van der Waals surface area contributed by atoms with Gasteiger partial charge in [0.05, 0.1) is 34.1 Å². The van der Waals surface area contributed by atoms with E-state index in [1.165, 1.54) is 18.2 Å². The summed E-state index contributed by atoms with van der Waals surface area (Å²) in [7, 11) is -7.70. The number of furan rings is 1. The van der Waals surface area contributed by atoms with Crippen LogP contribution in [0.2, 0.25) is 0 Å². The van der Waals surface area contributed by atoms with Gasteiger partial charge in [0, 0.05) is 6.54 Å². The van der Waals surface area contributed by atoms with Crippen LogP contribution in [0.4, 0.5) is 5.69 Å². The Balaban J connectivity index is 1.57. The maximum atomic E-state index is 13.1. The summed E-state index contributed by atoms with van der Waals surface area (Å²) in [6.07, 6.45) is 3.68. The molecule has 0 aliphatic carbocycles. The van der Waals surface area contributed by atoms with E-state index in [0.29, 0.717) is 11.3 Å². The molecule has 1 atom stereocenters. The van der Waals surface area contributed by atoms with Crippen LogP contribution < -0.4 is 9.03 Å². The van der Waals surface area contributed by atoms with Crippen LogP contribution in [0.3, 0.4) is 0 Å². The minimum Gasteiger partial charge on any atom is -0.468 e. The van der Waals surface area contributed by atoms with Gasteiger partial charge in [0.25, 0.3) is 0 Å². The standard InChI is InChI=1S/C22H29N3O6S2/c1-16-13-17(25-21(26)22(2,3)15-32(25,27)28)8-9-20(16)33(29,30)23-14-18(19-7-6-12-31-19)24-10-4-5-11-24/h6-9,12-13,18,23H,4-5,10-11,14-15H2,1-3H3. The minimum atomic E-state index is -3.88. The second-order valence-corrected chi connectivity index (χ2v) is 12.8. The molecule has 33 heavy (non-hydrogen) atoms. The van der Waals surface area contributed by atoms with Crippen LogP contribution in [0.15, 0.2) is 45.9 Å². The fourth-order valence-electron chi connectivity index (χ4n) is 4.53. The van der Waals surface area contributed by atoms with E-state index in [2.05, 4.69) is 9.62 Å². The Morgan fingerprint density at radius 1 is 1.18 bits per heavy atom. The quantitative estimate of drug-likeness (QED) is 0.627. The molecular formula is C22H29N3O6S2. The van der Waals surface area contributed by atoms with Crippen molar-refractivity contribution in [1.29, 1.82) is 0 Å². The molecule has 0 bridgehead atoms. The fourth-order valence-corrected chi connectivity index (χ4v) is 7.89. The summed E-state index contributed by atoms with van der Waals surface area (Å²) in [4.78, 5) is 14.9. The summed E-state index contributed by atoms with van der Waals surface area (Å²) in [5.74, 6) is -0.112. The molecule has 2 saturated heterocycles. The van der Waals surface area contributed by atoms with Gasteiger partial charge in [0.15, 0.2) is 0 Å². The summed E-state index contributed by atoms with van der Waals surface area (Å²) >= 11 is 0. The summed E-state index contributed by atoms with van der Waals surface area (Å²) in [5, 5.41) is 0. The highest BCUT2D eigenvalue weighted by Crippen LogP contribution is 2.36. The Bertz CT molecular complexity index is 1250. The third-order valence-corrected chi connectivity index (χ3v) is 9.79. The molecule has 0 radical (unpaired) electrons. The molecule has 1 aromatic carbocycles. The van der Waals surface area contributed by atoms with Crippen LogP contribution in [0.25, 0.3) is 0 Å². The number of likely N-dealkylation sites (tertiary alicyclic amines) is 1. The van der Waals surface area contributed by atoms with Gasteiger partial charge < -0.3 is 4.42 Å². The lowest BCUT2D eigenvalue weighted by Crippen LogP contribution is -2.37. The Labute approximate surface area is 194 Å². The highest BCUT2D eigenvalue weighted by Gasteiger charge is 2.50. The van der Waals surface area contributed by atoms with Crippen LogP contribution in [0.5, 0.6) is 0 Å². The lowest BCUT2D eigenvalue weighted by Gasteiger charge is -2.26. The molecule has 2 aliphatic heterocycles. The summed E-state index contributed by atoms with van der Waals surface area (Å²) in [5.41, 5.74) is -0.536. The number of anilines is 1. The molecule has 1 unspecified atom stereocenters. The van der Waals surface area contributed by atoms with E-state index in [0.717, 1.165) is 30.2 Å². The van der Waals surface area contributed by atoms with Crippen molar-refractivity contribution in [3.8, 4) is 0 Å². The summed E-state index contributed by atoms with van der Waals surface area (Å²) < 4.78 is 60.4. The minimum absolute atomic E-state index is 0.0363. The van der Waals surface area contributed by atoms with Crippen LogP contribution in [-0.2, 0) is 24.8 Å².